The van der Waals surface area contributed by atoms with Crippen LogP contribution in [0.2, 0.25) is 5.02 Å². The van der Waals surface area contributed by atoms with Crippen molar-refractivity contribution in [3.05, 3.63) is 47.0 Å². The Bertz CT molecular complexity index is 918. The molecule has 0 spiro atoms. The Morgan fingerprint density at radius 3 is 2.52 bits per heavy atom. The molecule has 1 aliphatic heterocycles. The molecule has 1 heterocycles. The lowest BCUT2D eigenvalue weighted by Crippen LogP contribution is -2.32. The van der Waals surface area contributed by atoms with Crippen molar-refractivity contribution in [1.29, 1.82) is 0 Å². The zero-order valence-electron chi connectivity index (χ0n) is 16.5. The average Bonchev–Trinajstić information content (AvgIpc) is 3.13. The smallest absolute Gasteiger partial charge is 0.227 e. The predicted octanol–water partition coefficient (Wildman–Crippen LogP) is 3.04. The highest BCUT2D eigenvalue weighted by molar-refractivity contribution is 6.31. The number of halogens is 1. The van der Waals surface area contributed by atoms with Crippen LogP contribution in [0.1, 0.15) is 12.0 Å². The predicted molar refractivity (Wildman–Crippen MR) is 110 cm³/mol. The first kappa shape index (κ1) is 20.8. The third kappa shape index (κ3) is 4.56. The van der Waals surface area contributed by atoms with Gasteiger partial charge in [0.15, 0.2) is 0 Å². The molecule has 1 atom stereocenters. The summed E-state index contributed by atoms with van der Waals surface area (Å²) in [4.78, 5) is 26.8. The fourth-order valence-corrected chi connectivity index (χ4v) is 3.50. The van der Waals surface area contributed by atoms with Gasteiger partial charge in [-0.2, -0.15) is 0 Å². The van der Waals surface area contributed by atoms with Gasteiger partial charge in [-0.1, -0.05) is 11.6 Å². The SMILES string of the molecule is COc1ccc(OC)c(CNC(=O)C2CC(=O)N(c3cc(Cl)ccc3OC)C2)c1. The minimum Gasteiger partial charge on any atom is -0.497 e. The van der Waals surface area contributed by atoms with Crippen molar-refractivity contribution in [2.24, 2.45) is 5.92 Å². The van der Waals surface area contributed by atoms with Crippen molar-refractivity contribution in [2.45, 2.75) is 13.0 Å². The molecule has 1 unspecified atom stereocenters. The van der Waals surface area contributed by atoms with Gasteiger partial charge in [0.05, 0.1) is 32.9 Å². The highest BCUT2D eigenvalue weighted by Gasteiger charge is 2.36. The first-order chi connectivity index (χ1) is 14.0. The van der Waals surface area contributed by atoms with Crippen LogP contribution in [0.5, 0.6) is 17.2 Å². The standard InChI is InChI=1S/C21H23ClN2O5/c1-27-16-5-7-18(28-2)13(8-16)11-23-21(26)14-9-20(25)24(12-14)17-10-15(22)4-6-19(17)29-3/h4-8,10,14H,9,11-12H2,1-3H3,(H,23,26). The number of rotatable bonds is 7. The number of anilines is 1. The molecule has 0 saturated carbocycles. The zero-order chi connectivity index (χ0) is 21.0. The van der Waals surface area contributed by atoms with Gasteiger partial charge in [0.25, 0.3) is 0 Å². The Hall–Kier alpha value is -2.93. The summed E-state index contributed by atoms with van der Waals surface area (Å²) in [7, 11) is 4.67. The van der Waals surface area contributed by atoms with Crippen LogP contribution in [0.4, 0.5) is 5.69 Å². The maximum Gasteiger partial charge on any atom is 0.227 e. The fourth-order valence-electron chi connectivity index (χ4n) is 3.34. The number of carbonyl (C=O) groups excluding carboxylic acids is 2. The number of amides is 2. The molecular formula is C21H23ClN2O5. The molecule has 2 aromatic rings. The van der Waals surface area contributed by atoms with Crippen LogP contribution in [0.3, 0.4) is 0 Å². The van der Waals surface area contributed by atoms with Crippen LogP contribution in [0, 0.1) is 5.92 Å². The number of benzene rings is 2. The van der Waals surface area contributed by atoms with E-state index in [0.29, 0.717) is 28.0 Å². The normalized spacial score (nSPS) is 15.9. The third-order valence-corrected chi connectivity index (χ3v) is 5.10. The van der Waals surface area contributed by atoms with E-state index >= 15 is 0 Å². The Labute approximate surface area is 174 Å². The van der Waals surface area contributed by atoms with E-state index in [4.69, 9.17) is 25.8 Å². The molecule has 1 fully saturated rings. The average molecular weight is 419 g/mol. The second-order valence-corrected chi connectivity index (χ2v) is 7.05. The van der Waals surface area contributed by atoms with Gasteiger partial charge in [-0.15, -0.1) is 0 Å². The molecule has 1 saturated heterocycles. The Morgan fingerprint density at radius 1 is 1.10 bits per heavy atom. The van der Waals surface area contributed by atoms with Crippen LogP contribution in [-0.4, -0.2) is 39.7 Å². The summed E-state index contributed by atoms with van der Waals surface area (Å²) >= 11 is 6.07. The van der Waals surface area contributed by atoms with Gasteiger partial charge in [0.2, 0.25) is 11.8 Å². The number of ether oxygens (including phenoxy) is 3. The second-order valence-electron chi connectivity index (χ2n) is 6.62. The van der Waals surface area contributed by atoms with Gasteiger partial charge >= 0.3 is 0 Å². The van der Waals surface area contributed by atoms with Gasteiger partial charge in [0.1, 0.15) is 17.2 Å². The van der Waals surface area contributed by atoms with E-state index in [1.54, 1.807) is 49.5 Å². The molecule has 1 N–H and O–H groups in total. The second kappa shape index (κ2) is 9.05. The number of methoxy groups -OCH3 is 3. The summed E-state index contributed by atoms with van der Waals surface area (Å²) in [5, 5.41) is 3.38. The minimum absolute atomic E-state index is 0.122. The first-order valence-corrected chi connectivity index (χ1v) is 9.47. The molecule has 7 nitrogen and oxygen atoms in total. The number of hydrogen-bond donors (Lipinski definition) is 1. The van der Waals surface area contributed by atoms with Crippen molar-refractivity contribution in [1.82, 2.24) is 5.32 Å². The van der Waals surface area contributed by atoms with Gasteiger partial charge in [-0.3, -0.25) is 9.59 Å². The maximum atomic E-state index is 12.7. The number of nitrogens with zero attached hydrogens (tertiary/aromatic N) is 1. The largest absolute Gasteiger partial charge is 0.497 e. The van der Waals surface area contributed by atoms with Crippen LogP contribution in [0.25, 0.3) is 0 Å². The van der Waals surface area contributed by atoms with E-state index in [-0.39, 0.29) is 31.3 Å². The van der Waals surface area contributed by atoms with Crippen molar-refractivity contribution >= 4 is 29.1 Å². The highest BCUT2D eigenvalue weighted by atomic mass is 35.5. The molecule has 3 rings (SSSR count). The molecule has 1 aliphatic rings. The van der Waals surface area contributed by atoms with Crippen molar-refractivity contribution < 1.29 is 23.8 Å². The number of carbonyl (C=O) groups is 2. The summed E-state index contributed by atoms with van der Waals surface area (Å²) in [6.45, 7) is 0.529. The first-order valence-electron chi connectivity index (χ1n) is 9.09. The summed E-state index contributed by atoms with van der Waals surface area (Å²) in [5.74, 6) is 1.04. The van der Waals surface area contributed by atoms with Gasteiger partial charge in [-0.05, 0) is 36.4 Å². The van der Waals surface area contributed by atoms with E-state index < -0.39 is 5.92 Å². The summed E-state index contributed by atoms with van der Waals surface area (Å²) in [5.41, 5.74) is 1.35. The van der Waals surface area contributed by atoms with E-state index in [0.717, 1.165) is 5.56 Å². The maximum absolute atomic E-state index is 12.7. The van der Waals surface area contributed by atoms with Gasteiger partial charge in [0, 0.05) is 30.1 Å². The lowest BCUT2D eigenvalue weighted by Gasteiger charge is -2.20. The quantitative estimate of drug-likeness (QED) is 0.747. The minimum atomic E-state index is -0.470. The molecule has 0 aliphatic carbocycles. The van der Waals surface area contributed by atoms with E-state index in [1.807, 2.05) is 6.07 Å². The van der Waals surface area contributed by atoms with Crippen molar-refractivity contribution in [2.75, 3.05) is 32.8 Å². The van der Waals surface area contributed by atoms with Crippen molar-refractivity contribution in [3.8, 4) is 17.2 Å². The van der Waals surface area contributed by atoms with Crippen LogP contribution in [0.15, 0.2) is 36.4 Å². The van der Waals surface area contributed by atoms with Crippen LogP contribution < -0.4 is 24.4 Å². The zero-order valence-corrected chi connectivity index (χ0v) is 17.3. The van der Waals surface area contributed by atoms with Crippen molar-refractivity contribution in [3.63, 3.8) is 0 Å². The van der Waals surface area contributed by atoms with Gasteiger partial charge < -0.3 is 24.4 Å². The fraction of sp³-hybridized carbons (Fsp3) is 0.333. The Kier molecular flexibility index (Phi) is 6.49. The van der Waals surface area contributed by atoms with E-state index in [1.165, 1.54) is 7.11 Å². The molecule has 0 aromatic heterocycles. The molecule has 29 heavy (non-hydrogen) atoms. The molecule has 0 radical (unpaired) electrons. The summed E-state index contributed by atoms with van der Waals surface area (Å²) < 4.78 is 15.9. The molecule has 154 valence electrons. The highest BCUT2D eigenvalue weighted by Crippen LogP contribution is 2.35. The topological polar surface area (TPSA) is 77.1 Å². The molecular weight excluding hydrogens is 396 g/mol. The Morgan fingerprint density at radius 2 is 1.83 bits per heavy atom. The summed E-state index contributed by atoms with van der Waals surface area (Å²) in [6.07, 6.45) is 0.122. The summed E-state index contributed by atoms with van der Waals surface area (Å²) in [6, 6.07) is 10.4. The van der Waals surface area contributed by atoms with E-state index in [9.17, 15) is 9.59 Å². The lowest BCUT2D eigenvalue weighted by atomic mass is 10.1. The number of nitrogens with one attached hydrogen (secondary N) is 1. The monoisotopic (exact) mass is 418 g/mol. The molecule has 2 aromatic carbocycles. The third-order valence-electron chi connectivity index (χ3n) is 4.87. The van der Waals surface area contributed by atoms with Crippen LogP contribution >= 0.6 is 11.6 Å². The van der Waals surface area contributed by atoms with Crippen LogP contribution in [-0.2, 0) is 16.1 Å². The molecule has 2 amide bonds. The molecule has 0 bridgehead atoms. The molecule has 8 heteroatoms. The lowest BCUT2D eigenvalue weighted by molar-refractivity contribution is -0.126. The van der Waals surface area contributed by atoms with Gasteiger partial charge in [-0.25, -0.2) is 0 Å². The van der Waals surface area contributed by atoms with E-state index in [2.05, 4.69) is 5.32 Å². The Balaban J connectivity index is 1.69. The number of hydrogen-bond acceptors (Lipinski definition) is 5.